The van der Waals surface area contributed by atoms with Gasteiger partial charge < -0.3 is 10.2 Å². The van der Waals surface area contributed by atoms with Crippen LogP contribution in [-0.2, 0) is 16.6 Å². The predicted molar refractivity (Wildman–Crippen MR) is 79.1 cm³/mol. The van der Waals surface area contributed by atoms with Crippen LogP contribution in [0.15, 0.2) is 47.5 Å². The SMILES string of the molecule is COc1ccc(CNS(=O)(=O)c2ccccc2NN)cn1. The third-order valence-corrected chi connectivity index (χ3v) is 4.26. The molecule has 8 heteroatoms. The van der Waals surface area contributed by atoms with E-state index in [-0.39, 0.29) is 11.4 Å². The van der Waals surface area contributed by atoms with Gasteiger partial charge in [-0.25, -0.2) is 18.1 Å². The highest BCUT2D eigenvalue weighted by molar-refractivity contribution is 7.89. The summed E-state index contributed by atoms with van der Waals surface area (Å²) in [5.74, 6) is 5.79. The Kier molecular flexibility index (Phi) is 4.73. The summed E-state index contributed by atoms with van der Waals surface area (Å²) in [5.41, 5.74) is 3.42. The Labute approximate surface area is 123 Å². The van der Waals surface area contributed by atoms with Crippen molar-refractivity contribution in [3.63, 3.8) is 0 Å². The number of ether oxygens (including phenoxy) is 1. The molecule has 112 valence electrons. The van der Waals surface area contributed by atoms with E-state index >= 15 is 0 Å². The summed E-state index contributed by atoms with van der Waals surface area (Å²) < 4.78 is 32.0. The van der Waals surface area contributed by atoms with Gasteiger partial charge in [0.2, 0.25) is 15.9 Å². The second kappa shape index (κ2) is 6.53. The number of sulfonamides is 1. The molecule has 0 saturated heterocycles. The Morgan fingerprint density at radius 2 is 2.00 bits per heavy atom. The Morgan fingerprint density at radius 1 is 1.24 bits per heavy atom. The zero-order chi connectivity index (χ0) is 15.3. The molecule has 0 atom stereocenters. The number of anilines is 1. The van der Waals surface area contributed by atoms with Gasteiger partial charge in [0, 0.05) is 18.8 Å². The average molecular weight is 308 g/mol. The fourth-order valence-electron chi connectivity index (χ4n) is 1.71. The van der Waals surface area contributed by atoms with Crippen LogP contribution >= 0.6 is 0 Å². The first-order chi connectivity index (χ1) is 10.1. The first-order valence-corrected chi connectivity index (χ1v) is 7.59. The van der Waals surface area contributed by atoms with Crippen molar-refractivity contribution in [3.8, 4) is 5.88 Å². The van der Waals surface area contributed by atoms with Crippen LogP contribution < -0.4 is 20.7 Å². The predicted octanol–water partition coefficient (Wildman–Crippen LogP) is 0.854. The van der Waals surface area contributed by atoms with E-state index in [1.165, 1.54) is 13.2 Å². The fraction of sp³-hybridized carbons (Fsp3) is 0.154. The summed E-state index contributed by atoms with van der Waals surface area (Å²) >= 11 is 0. The second-order valence-electron chi connectivity index (χ2n) is 4.17. The van der Waals surface area contributed by atoms with Gasteiger partial charge in [0.15, 0.2) is 0 Å². The molecule has 0 unspecified atom stereocenters. The monoisotopic (exact) mass is 308 g/mol. The molecule has 0 aliphatic rings. The van der Waals surface area contributed by atoms with E-state index in [0.717, 1.165) is 5.56 Å². The Bertz CT molecular complexity index is 702. The van der Waals surface area contributed by atoms with Gasteiger partial charge in [0.05, 0.1) is 12.8 Å². The van der Waals surface area contributed by atoms with Crippen LogP contribution in [0, 0.1) is 0 Å². The van der Waals surface area contributed by atoms with Gasteiger partial charge in [-0.15, -0.1) is 0 Å². The van der Waals surface area contributed by atoms with Crippen molar-refractivity contribution in [1.29, 1.82) is 0 Å². The quantitative estimate of drug-likeness (QED) is 0.539. The van der Waals surface area contributed by atoms with Crippen molar-refractivity contribution in [2.24, 2.45) is 5.84 Å². The number of rotatable bonds is 6. The van der Waals surface area contributed by atoms with E-state index in [1.54, 1.807) is 36.5 Å². The van der Waals surface area contributed by atoms with Gasteiger partial charge in [-0.3, -0.25) is 5.84 Å². The number of nitrogen functional groups attached to an aromatic ring is 1. The van der Waals surface area contributed by atoms with Gasteiger partial charge in [-0.1, -0.05) is 18.2 Å². The van der Waals surface area contributed by atoms with Crippen LogP contribution in [0.3, 0.4) is 0 Å². The number of nitrogens with one attached hydrogen (secondary N) is 2. The minimum absolute atomic E-state index is 0.0916. The number of benzene rings is 1. The lowest BCUT2D eigenvalue weighted by Gasteiger charge is -2.11. The average Bonchev–Trinajstić information content (AvgIpc) is 2.53. The van der Waals surface area contributed by atoms with Crippen LogP contribution in [-0.4, -0.2) is 20.5 Å². The Morgan fingerprint density at radius 3 is 2.62 bits per heavy atom. The lowest BCUT2D eigenvalue weighted by Crippen LogP contribution is -2.25. The maximum atomic E-state index is 12.3. The molecule has 1 heterocycles. The summed E-state index contributed by atoms with van der Waals surface area (Å²) in [6, 6.07) is 9.79. The third-order valence-electron chi connectivity index (χ3n) is 2.81. The molecule has 0 bridgehead atoms. The molecular formula is C13H16N4O3S. The molecule has 0 saturated carbocycles. The van der Waals surface area contributed by atoms with Crippen molar-refractivity contribution in [3.05, 3.63) is 48.2 Å². The summed E-state index contributed by atoms with van der Waals surface area (Å²) in [5, 5.41) is 0. The molecule has 1 aromatic carbocycles. The number of hydrazine groups is 1. The van der Waals surface area contributed by atoms with Gasteiger partial charge in [0.25, 0.3) is 0 Å². The molecule has 0 aliphatic carbocycles. The topological polar surface area (TPSA) is 106 Å². The third kappa shape index (κ3) is 3.69. The van der Waals surface area contributed by atoms with Gasteiger partial charge in [-0.2, -0.15) is 0 Å². The molecule has 21 heavy (non-hydrogen) atoms. The second-order valence-corrected chi connectivity index (χ2v) is 5.91. The van der Waals surface area contributed by atoms with Crippen LogP contribution in [0.5, 0.6) is 5.88 Å². The highest BCUT2D eigenvalue weighted by Gasteiger charge is 2.17. The van der Waals surface area contributed by atoms with Crippen molar-refractivity contribution in [2.75, 3.05) is 12.5 Å². The molecule has 0 spiro atoms. The van der Waals surface area contributed by atoms with E-state index in [4.69, 9.17) is 10.6 Å². The van der Waals surface area contributed by atoms with E-state index in [0.29, 0.717) is 11.6 Å². The number of pyridine rings is 1. The summed E-state index contributed by atoms with van der Waals surface area (Å²) in [6.07, 6.45) is 1.55. The summed E-state index contributed by atoms with van der Waals surface area (Å²) in [7, 11) is -2.15. The maximum absolute atomic E-state index is 12.3. The van der Waals surface area contributed by atoms with Crippen molar-refractivity contribution < 1.29 is 13.2 Å². The number of aromatic nitrogens is 1. The standard InChI is InChI=1S/C13H16N4O3S/c1-20-13-7-6-10(8-15-13)9-16-21(18,19)12-5-3-2-4-11(12)17-14/h2-8,16-17H,9,14H2,1H3. The first-order valence-electron chi connectivity index (χ1n) is 6.11. The molecule has 0 radical (unpaired) electrons. The van der Waals surface area contributed by atoms with Crippen LogP contribution in [0.1, 0.15) is 5.56 Å². The highest BCUT2D eigenvalue weighted by Crippen LogP contribution is 2.19. The summed E-state index contributed by atoms with van der Waals surface area (Å²) in [4.78, 5) is 4.11. The lowest BCUT2D eigenvalue weighted by atomic mass is 10.3. The molecule has 0 amide bonds. The van der Waals surface area contributed by atoms with E-state index in [9.17, 15) is 8.42 Å². The van der Waals surface area contributed by atoms with E-state index in [2.05, 4.69) is 15.1 Å². The fourth-order valence-corrected chi connectivity index (χ4v) is 2.90. The highest BCUT2D eigenvalue weighted by atomic mass is 32.2. The minimum atomic E-state index is -3.67. The molecule has 2 aromatic rings. The number of nitrogens with zero attached hydrogens (tertiary/aromatic N) is 1. The van der Waals surface area contributed by atoms with E-state index in [1.807, 2.05) is 0 Å². The van der Waals surface area contributed by atoms with Crippen LogP contribution in [0.2, 0.25) is 0 Å². The van der Waals surface area contributed by atoms with Gasteiger partial charge in [0.1, 0.15) is 4.90 Å². The smallest absolute Gasteiger partial charge is 0.242 e. The number of nitrogens with two attached hydrogens (primary N) is 1. The molecule has 2 rings (SSSR count). The molecule has 4 N–H and O–H groups in total. The lowest BCUT2D eigenvalue weighted by molar-refractivity contribution is 0.397. The molecule has 0 aliphatic heterocycles. The van der Waals surface area contributed by atoms with Gasteiger partial charge in [-0.05, 0) is 17.7 Å². The van der Waals surface area contributed by atoms with E-state index < -0.39 is 10.0 Å². The molecule has 0 fully saturated rings. The van der Waals surface area contributed by atoms with Gasteiger partial charge >= 0.3 is 0 Å². The first kappa shape index (κ1) is 15.2. The van der Waals surface area contributed by atoms with Crippen molar-refractivity contribution in [1.82, 2.24) is 9.71 Å². The number of hydrogen-bond acceptors (Lipinski definition) is 6. The largest absolute Gasteiger partial charge is 0.481 e. The molecule has 7 nitrogen and oxygen atoms in total. The summed E-state index contributed by atoms with van der Waals surface area (Å²) in [6.45, 7) is 0.123. The number of hydrogen-bond donors (Lipinski definition) is 3. The van der Waals surface area contributed by atoms with Crippen LogP contribution in [0.4, 0.5) is 5.69 Å². The van der Waals surface area contributed by atoms with Crippen LogP contribution in [0.25, 0.3) is 0 Å². The molecule has 1 aromatic heterocycles. The zero-order valence-electron chi connectivity index (χ0n) is 11.4. The minimum Gasteiger partial charge on any atom is -0.481 e. The van der Waals surface area contributed by atoms with Crippen molar-refractivity contribution >= 4 is 15.7 Å². The number of methoxy groups -OCH3 is 1. The Hall–Kier alpha value is -2.16. The van der Waals surface area contributed by atoms with Crippen molar-refractivity contribution in [2.45, 2.75) is 11.4 Å². The number of para-hydroxylation sites is 1. The Balaban J connectivity index is 2.13. The normalized spacial score (nSPS) is 11.1. The maximum Gasteiger partial charge on any atom is 0.242 e. The molecular weight excluding hydrogens is 292 g/mol. The zero-order valence-corrected chi connectivity index (χ0v) is 12.2.